The minimum atomic E-state index is 0.418. The van der Waals surface area contributed by atoms with Crippen LogP contribution in [0, 0.1) is 11.8 Å². The van der Waals surface area contributed by atoms with E-state index in [1.165, 1.54) is 0 Å². The van der Waals surface area contributed by atoms with Gasteiger partial charge in [0.1, 0.15) is 0 Å². The van der Waals surface area contributed by atoms with Crippen molar-refractivity contribution in [2.75, 3.05) is 0 Å². The molecule has 0 aliphatic heterocycles. The van der Waals surface area contributed by atoms with Gasteiger partial charge in [0.2, 0.25) is 0 Å². The second-order valence-corrected chi connectivity index (χ2v) is 3.90. The Hall–Kier alpha value is -1.11. The largest absolute Gasteiger partial charge is 0.261 e. The maximum Gasteiger partial charge on any atom is 0.0423 e. The van der Waals surface area contributed by atoms with Crippen molar-refractivity contribution in [2.45, 2.75) is 27.7 Å². The van der Waals surface area contributed by atoms with Gasteiger partial charge in [-0.25, -0.2) is 0 Å². The first kappa shape index (κ1) is 12.9. The second kappa shape index (κ2) is 6.36. The highest BCUT2D eigenvalue weighted by Crippen LogP contribution is 2.11. The molecule has 0 aliphatic rings. The van der Waals surface area contributed by atoms with Gasteiger partial charge in [-0.2, -0.15) is 0 Å². The molecule has 0 radical (unpaired) electrons. The van der Waals surface area contributed by atoms with Gasteiger partial charge in [0.15, 0.2) is 0 Å². The highest BCUT2D eigenvalue weighted by Gasteiger charge is 2.00. The van der Waals surface area contributed by atoms with Gasteiger partial charge in [-0.15, -0.1) is 0 Å². The van der Waals surface area contributed by atoms with Crippen molar-refractivity contribution < 1.29 is 0 Å². The molecule has 0 rings (SSSR count). The Morgan fingerprint density at radius 2 is 1.57 bits per heavy atom. The van der Waals surface area contributed by atoms with Gasteiger partial charge in [-0.3, -0.25) is 4.99 Å². The van der Waals surface area contributed by atoms with Crippen LogP contribution in [0.25, 0.3) is 0 Å². The Kier molecular flexibility index (Phi) is 5.86. The van der Waals surface area contributed by atoms with E-state index in [9.17, 15) is 0 Å². The predicted octanol–water partition coefficient (Wildman–Crippen LogP) is 4.00. The zero-order valence-electron chi connectivity index (χ0n) is 9.75. The molecule has 0 unspecified atom stereocenters. The first-order valence-corrected chi connectivity index (χ1v) is 5.05. The van der Waals surface area contributed by atoms with Crippen LogP contribution in [-0.2, 0) is 0 Å². The van der Waals surface area contributed by atoms with Gasteiger partial charge >= 0.3 is 0 Å². The van der Waals surface area contributed by atoms with Crippen LogP contribution in [0.2, 0.25) is 0 Å². The number of rotatable bonds is 5. The lowest BCUT2D eigenvalue weighted by Crippen LogP contribution is -2.02. The molecule has 14 heavy (non-hydrogen) atoms. The van der Waals surface area contributed by atoms with Gasteiger partial charge in [0, 0.05) is 11.9 Å². The number of hydrogen-bond acceptors (Lipinski definition) is 1. The van der Waals surface area contributed by atoms with Crippen molar-refractivity contribution >= 4 is 5.71 Å². The van der Waals surface area contributed by atoms with E-state index in [0.29, 0.717) is 11.8 Å². The van der Waals surface area contributed by atoms with E-state index in [2.05, 4.69) is 45.8 Å². The molecule has 0 saturated carbocycles. The summed E-state index contributed by atoms with van der Waals surface area (Å²) in [5.41, 5.74) is 2.18. The van der Waals surface area contributed by atoms with E-state index in [1.807, 2.05) is 18.4 Å². The van der Waals surface area contributed by atoms with Crippen LogP contribution in [0.3, 0.4) is 0 Å². The molecule has 0 aromatic rings. The quantitative estimate of drug-likeness (QED) is 0.460. The standard InChI is InChI=1S/C13H21N/c1-7-12(10(3)4)9-14-13(8-2)11(5)6/h7-11H,1-2H2,3-6H3/b12-9+,14-13?. The van der Waals surface area contributed by atoms with Gasteiger partial charge in [-0.05, 0) is 23.5 Å². The van der Waals surface area contributed by atoms with Crippen LogP contribution in [0.5, 0.6) is 0 Å². The molecule has 0 saturated heterocycles. The SMILES string of the molecule is C=CC(=N/C=C(\C=C)C(C)C)C(C)C. The van der Waals surface area contributed by atoms with Crippen LogP contribution in [0.4, 0.5) is 0 Å². The van der Waals surface area contributed by atoms with Crippen LogP contribution in [0.15, 0.2) is 42.1 Å². The third-order valence-electron chi connectivity index (χ3n) is 2.07. The average Bonchev–Trinajstić information content (AvgIpc) is 2.11. The molecule has 0 spiro atoms. The lowest BCUT2D eigenvalue weighted by molar-refractivity contribution is 0.788. The van der Waals surface area contributed by atoms with E-state index >= 15 is 0 Å². The van der Waals surface area contributed by atoms with E-state index in [1.54, 1.807) is 0 Å². The van der Waals surface area contributed by atoms with Crippen molar-refractivity contribution in [3.63, 3.8) is 0 Å². The highest BCUT2D eigenvalue weighted by atomic mass is 14.7. The Bertz CT molecular complexity index is 226. The van der Waals surface area contributed by atoms with E-state index in [0.717, 1.165) is 11.3 Å². The second-order valence-electron chi connectivity index (χ2n) is 3.90. The molecule has 78 valence electrons. The van der Waals surface area contributed by atoms with Crippen LogP contribution >= 0.6 is 0 Å². The molecule has 0 aliphatic carbocycles. The fourth-order valence-corrected chi connectivity index (χ4v) is 1.02. The Morgan fingerprint density at radius 1 is 1.00 bits per heavy atom. The molecule has 0 aromatic heterocycles. The fraction of sp³-hybridized carbons (Fsp3) is 0.462. The summed E-state index contributed by atoms with van der Waals surface area (Å²) in [6, 6.07) is 0. The Morgan fingerprint density at radius 3 is 1.86 bits per heavy atom. The van der Waals surface area contributed by atoms with Crippen molar-refractivity contribution in [1.82, 2.24) is 0 Å². The molecule has 1 nitrogen and oxygen atoms in total. The number of allylic oxidation sites excluding steroid dienone is 3. The summed E-state index contributed by atoms with van der Waals surface area (Å²) in [6.07, 6.45) is 5.55. The first-order chi connectivity index (χ1) is 6.52. The van der Waals surface area contributed by atoms with Crippen LogP contribution in [-0.4, -0.2) is 5.71 Å². The van der Waals surface area contributed by atoms with Gasteiger partial charge in [-0.1, -0.05) is 46.9 Å². The summed E-state index contributed by atoms with van der Waals surface area (Å²) < 4.78 is 0. The number of hydrogen-bond donors (Lipinski definition) is 0. The summed E-state index contributed by atoms with van der Waals surface area (Å²) in [6.45, 7) is 16.0. The predicted molar refractivity (Wildman–Crippen MR) is 65.6 cm³/mol. The van der Waals surface area contributed by atoms with Crippen molar-refractivity contribution in [2.24, 2.45) is 16.8 Å². The summed E-state index contributed by atoms with van der Waals surface area (Å²) in [4.78, 5) is 4.40. The normalized spacial score (nSPS) is 13.6. The van der Waals surface area contributed by atoms with E-state index < -0.39 is 0 Å². The third-order valence-corrected chi connectivity index (χ3v) is 2.07. The Balaban J connectivity index is 4.79. The minimum Gasteiger partial charge on any atom is -0.261 e. The molecular weight excluding hydrogens is 170 g/mol. The zero-order valence-corrected chi connectivity index (χ0v) is 9.75. The monoisotopic (exact) mass is 191 g/mol. The molecule has 0 bridgehead atoms. The smallest absolute Gasteiger partial charge is 0.0423 e. The molecular formula is C13H21N. The molecule has 1 heteroatoms. The van der Waals surface area contributed by atoms with Crippen molar-refractivity contribution in [3.8, 4) is 0 Å². The Labute approximate surface area is 87.9 Å². The summed E-state index contributed by atoms with van der Waals surface area (Å²) in [5, 5.41) is 0. The summed E-state index contributed by atoms with van der Waals surface area (Å²) >= 11 is 0. The molecule has 0 N–H and O–H groups in total. The summed E-state index contributed by atoms with van der Waals surface area (Å²) in [7, 11) is 0. The minimum absolute atomic E-state index is 0.418. The van der Waals surface area contributed by atoms with Crippen LogP contribution < -0.4 is 0 Å². The average molecular weight is 191 g/mol. The topological polar surface area (TPSA) is 12.4 Å². The zero-order chi connectivity index (χ0) is 11.1. The maximum absolute atomic E-state index is 4.40. The maximum atomic E-state index is 4.40. The molecule has 0 amide bonds. The fourth-order valence-electron chi connectivity index (χ4n) is 1.02. The third kappa shape index (κ3) is 4.22. The van der Waals surface area contributed by atoms with Gasteiger partial charge < -0.3 is 0 Å². The van der Waals surface area contributed by atoms with E-state index in [4.69, 9.17) is 0 Å². The molecule has 0 heterocycles. The molecule has 0 aromatic carbocycles. The lowest BCUT2D eigenvalue weighted by Gasteiger charge is -2.06. The van der Waals surface area contributed by atoms with Gasteiger partial charge in [0.25, 0.3) is 0 Å². The number of nitrogens with zero attached hydrogens (tertiary/aromatic N) is 1. The summed E-state index contributed by atoms with van der Waals surface area (Å²) in [5.74, 6) is 0.886. The van der Waals surface area contributed by atoms with Crippen molar-refractivity contribution in [3.05, 3.63) is 37.1 Å². The lowest BCUT2D eigenvalue weighted by atomic mass is 10.0. The molecule has 0 atom stereocenters. The van der Waals surface area contributed by atoms with Crippen LogP contribution in [0.1, 0.15) is 27.7 Å². The first-order valence-electron chi connectivity index (χ1n) is 5.05. The molecule has 0 fully saturated rings. The van der Waals surface area contributed by atoms with E-state index in [-0.39, 0.29) is 0 Å². The highest BCUT2D eigenvalue weighted by molar-refractivity contribution is 5.96. The van der Waals surface area contributed by atoms with Crippen molar-refractivity contribution in [1.29, 1.82) is 0 Å². The number of aliphatic imine (C=N–C) groups is 1. The van der Waals surface area contributed by atoms with Gasteiger partial charge in [0.05, 0.1) is 0 Å².